The first-order valence-corrected chi connectivity index (χ1v) is 9.59. The fourth-order valence-electron chi connectivity index (χ4n) is 2.61. The Labute approximate surface area is 132 Å². The Morgan fingerprint density at radius 2 is 2.05 bits per heavy atom. The first-order valence-electron chi connectivity index (χ1n) is 6.28. The maximum absolute atomic E-state index is 13.0. The molecule has 0 aromatic heterocycles. The van der Waals surface area contributed by atoms with Crippen molar-refractivity contribution in [3.8, 4) is 0 Å². The van der Waals surface area contributed by atoms with E-state index in [-0.39, 0.29) is 25.5 Å². The molecule has 0 amide bonds. The van der Waals surface area contributed by atoms with Crippen LogP contribution in [0.15, 0.2) is 24.3 Å². The van der Waals surface area contributed by atoms with E-state index in [2.05, 4.69) is 21.2 Å². The smallest absolute Gasteiger partial charge is 0.391 e. The minimum absolute atomic E-state index is 0.0521. The minimum atomic E-state index is -4.14. The van der Waals surface area contributed by atoms with E-state index in [9.17, 15) is 18.3 Å². The molecule has 0 saturated carbocycles. The van der Waals surface area contributed by atoms with Gasteiger partial charge >= 0.3 is 6.18 Å². The molecule has 2 nitrogen and oxygen atoms in total. The van der Waals surface area contributed by atoms with Crippen molar-refractivity contribution in [2.24, 2.45) is 5.92 Å². The molecule has 0 aliphatic carbocycles. The normalized spacial score (nSPS) is 24.9. The molecule has 1 heterocycles. The SMILES string of the molecule is OCc1ccccc1C1CC(C(F)(F)F)CCN1SI. The average molecular weight is 417 g/mol. The molecule has 1 aliphatic heterocycles. The molecule has 1 fully saturated rings. The van der Waals surface area contributed by atoms with Crippen LogP contribution in [0.2, 0.25) is 0 Å². The van der Waals surface area contributed by atoms with E-state index in [1.54, 1.807) is 12.1 Å². The van der Waals surface area contributed by atoms with Gasteiger partial charge < -0.3 is 5.11 Å². The number of aliphatic hydroxyl groups excluding tert-OH is 1. The van der Waals surface area contributed by atoms with Crippen molar-refractivity contribution in [2.45, 2.75) is 31.7 Å². The third-order valence-corrected chi connectivity index (χ3v) is 5.82. The number of hydrogen-bond acceptors (Lipinski definition) is 3. The summed E-state index contributed by atoms with van der Waals surface area (Å²) in [6.45, 7) is 0.255. The lowest BCUT2D eigenvalue weighted by atomic mass is 9.86. The summed E-state index contributed by atoms with van der Waals surface area (Å²) >= 11 is 2.10. The van der Waals surface area contributed by atoms with Gasteiger partial charge in [-0.15, -0.1) is 0 Å². The van der Waals surface area contributed by atoms with Crippen LogP contribution in [0.1, 0.15) is 30.0 Å². The number of benzene rings is 1. The summed E-state index contributed by atoms with van der Waals surface area (Å²) in [6, 6.07) is 6.88. The van der Waals surface area contributed by atoms with Crippen LogP contribution in [0.3, 0.4) is 0 Å². The number of rotatable bonds is 3. The number of halogens is 4. The van der Waals surface area contributed by atoms with Gasteiger partial charge in [0.05, 0.1) is 12.5 Å². The van der Waals surface area contributed by atoms with Crippen molar-refractivity contribution < 1.29 is 18.3 Å². The van der Waals surface area contributed by atoms with Crippen LogP contribution in [0.25, 0.3) is 0 Å². The van der Waals surface area contributed by atoms with Crippen LogP contribution >= 0.6 is 30.3 Å². The Morgan fingerprint density at radius 1 is 1.35 bits per heavy atom. The van der Waals surface area contributed by atoms with Gasteiger partial charge in [0.1, 0.15) is 0 Å². The third-order valence-electron chi connectivity index (χ3n) is 3.69. The second-order valence-electron chi connectivity index (χ2n) is 4.85. The number of hydrogen-bond donors (Lipinski definition) is 1. The van der Waals surface area contributed by atoms with E-state index in [4.69, 9.17) is 0 Å². The second-order valence-corrected chi connectivity index (χ2v) is 6.63. The molecule has 20 heavy (non-hydrogen) atoms. The molecule has 1 aliphatic rings. The first-order chi connectivity index (χ1) is 9.47. The Kier molecular flexibility index (Phi) is 5.61. The lowest BCUT2D eigenvalue weighted by Crippen LogP contribution is -2.37. The fraction of sp³-hybridized carbons (Fsp3) is 0.538. The van der Waals surface area contributed by atoms with Gasteiger partial charge in [0.15, 0.2) is 0 Å². The Balaban J connectivity index is 2.29. The van der Waals surface area contributed by atoms with Gasteiger partial charge in [-0.25, -0.2) is 4.31 Å². The highest BCUT2D eigenvalue weighted by molar-refractivity contribution is 14.2. The Hall–Kier alpha value is 0.01000. The highest BCUT2D eigenvalue weighted by atomic mass is 127. The van der Waals surface area contributed by atoms with Crippen molar-refractivity contribution in [1.29, 1.82) is 0 Å². The number of nitrogens with zero attached hydrogens (tertiary/aromatic N) is 1. The predicted octanol–water partition coefficient (Wildman–Crippen LogP) is 4.49. The summed E-state index contributed by atoms with van der Waals surface area (Å²) in [5.41, 5.74) is 1.50. The quantitative estimate of drug-likeness (QED) is 0.579. The molecule has 7 heteroatoms. The topological polar surface area (TPSA) is 23.5 Å². The molecular formula is C13H15F3INOS. The van der Waals surface area contributed by atoms with E-state index < -0.39 is 12.1 Å². The number of piperidine rings is 1. The predicted molar refractivity (Wildman–Crippen MR) is 82.2 cm³/mol. The zero-order valence-electron chi connectivity index (χ0n) is 10.6. The standard InChI is InChI=1S/C13H15F3INOS/c14-13(15,16)10-5-6-18(20-17)12(7-10)11-4-2-1-3-9(11)8-19/h1-4,10,12,19H,5-8H2. The lowest BCUT2D eigenvalue weighted by molar-refractivity contribution is -0.186. The monoisotopic (exact) mass is 417 g/mol. The van der Waals surface area contributed by atoms with Crippen LogP contribution < -0.4 is 0 Å². The summed E-state index contributed by atoms with van der Waals surface area (Å²) in [7, 11) is 1.43. The maximum Gasteiger partial charge on any atom is 0.391 e. The van der Waals surface area contributed by atoms with E-state index in [1.165, 1.54) is 9.12 Å². The minimum Gasteiger partial charge on any atom is -0.392 e. The molecule has 1 saturated heterocycles. The Morgan fingerprint density at radius 3 is 2.65 bits per heavy atom. The number of alkyl halides is 3. The molecule has 1 aromatic rings. The largest absolute Gasteiger partial charge is 0.392 e. The molecule has 0 bridgehead atoms. The van der Waals surface area contributed by atoms with E-state index in [0.717, 1.165) is 5.56 Å². The summed E-state index contributed by atoms with van der Waals surface area (Å²) in [5, 5.41) is 9.38. The van der Waals surface area contributed by atoms with Crippen molar-refractivity contribution in [3.05, 3.63) is 35.4 Å². The molecule has 112 valence electrons. The van der Waals surface area contributed by atoms with Gasteiger partial charge in [0.25, 0.3) is 0 Å². The van der Waals surface area contributed by atoms with Crippen LogP contribution in [0.4, 0.5) is 13.2 Å². The second kappa shape index (κ2) is 6.85. The zero-order valence-corrected chi connectivity index (χ0v) is 13.6. The van der Waals surface area contributed by atoms with E-state index in [1.807, 2.05) is 16.4 Å². The molecule has 0 spiro atoms. The fourth-order valence-corrected chi connectivity index (χ4v) is 4.49. The van der Waals surface area contributed by atoms with E-state index >= 15 is 0 Å². The molecule has 2 rings (SSSR count). The third kappa shape index (κ3) is 3.61. The first kappa shape index (κ1) is 16.4. The van der Waals surface area contributed by atoms with Gasteiger partial charge in [-0.05, 0) is 33.1 Å². The van der Waals surface area contributed by atoms with Crippen LogP contribution in [0, 0.1) is 5.92 Å². The van der Waals surface area contributed by atoms with Gasteiger partial charge in [-0.1, -0.05) is 24.3 Å². The van der Waals surface area contributed by atoms with Crippen LogP contribution in [0.5, 0.6) is 0 Å². The molecule has 2 unspecified atom stereocenters. The molecule has 1 N–H and O–H groups in total. The van der Waals surface area contributed by atoms with Crippen molar-refractivity contribution >= 4 is 30.3 Å². The zero-order chi connectivity index (χ0) is 14.8. The maximum atomic E-state index is 13.0. The van der Waals surface area contributed by atoms with Crippen molar-refractivity contribution in [3.63, 3.8) is 0 Å². The van der Waals surface area contributed by atoms with Crippen LogP contribution in [-0.4, -0.2) is 22.1 Å². The highest BCUT2D eigenvalue weighted by Gasteiger charge is 2.45. The van der Waals surface area contributed by atoms with E-state index in [0.29, 0.717) is 12.1 Å². The molecule has 1 aromatic carbocycles. The van der Waals surface area contributed by atoms with Crippen molar-refractivity contribution in [1.82, 2.24) is 4.31 Å². The molecule has 0 radical (unpaired) electrons. The van der Waals surface area contributed by atoms with Gasteiger partial charge in [0, 0.05) is 33.8 Å². The Bertz CT molecular complexity index is 457. The molecular weight excluding hydrogens is 402 g/mol. The summed E-state index contributed by atoms with van der Waals surface area (Å²) in [6.07, 6.45) is -3.96. The highest BCUT2D eigenvalue weighted by Crippen LogP contribution is 2.46. The summed E-state index contributed by atoms with van der Waals surface area (Å²) in [5.74, 6) is -1.26. The van der Waals surface area contributed by atoms with Crippen molar-refractivity contribution in [2.75, 3.05) is 6.54 Å². The molecule has 2 atom stereocenters. The summed E-state index contributed by atoms with van der Waals surface area (Å²) < 4.78 is 40.9. The van der Waals surface area contributed by atoms with Gasteiger partial charge in [-0.2, -0.15) is 13.2 Å². The van der Waals surface area contributed by atoms with Crippen LogP contribution in [-0.2, 0) is 6.61 Å². The lowest BCUT2D eigenvalue weighted by Gasteiger charge is -2.38. The van der Waals surface area contributed by atoms with Gasteiger partial charge in [0.2, 0.25) is 0 Å². The number of aliphatic hydroxyl groups is 1. The van der Waals surface area contributed by atoms with Gasteiger partial charge in [-0.3, -0.25) is 0 Å². The summed E-state index contributed by atoms with van der Waals surface area (Å²) in [4.78, 5) is 0. The average Bonchev–Trinajstić information content (AvgIpc) is 2.45.